The lowest BCUT2D eigenvalue weighted by molar-refractivity contribution is 0.484. The van der Waals surface area contributed by atoms with E-state index in [4.69, 9.17) is 14.7 Å². The molecule has 6 nitrogen and oxygen atoms in total. The molecule has 9 rings (SSSR count). The Labute approximate surface area is 246 Å². The van der Waals surface area contributed by atoms with E-state index in [0.29, 0.717) is 0 Å². The van der Waals surface area contributed by atoms with Gasteiger partial charge in [-0.05, 0) is 90.3 Å². The molecule has 0 atom stereocenters. The van der Waals surface area contributed by atoms with Crippen molar-refractivity contribution in [3.63, 3.8) is 0 Å². The van der Waals surface area contributed by atoms with Gasteiger partial charge in [0.05, 0.1) is 11.2 Å². The van der Waals surface area contributed by atoms with Gasteiger partial charge in [-0.2, -0.15) is 0 Å². The van der Waals surface area contributed by atoms with Crippen LogP contribution in [0.3, 0.4) is 0 Å². The summed E-state index contributed by atoms with van der Waals surface area (Å²) in [6.45, 7) is 4.27. The van der Waals surface area contributed by atoms with Crippen molar-refractivity contribution < 1.29 is 4.74 Å². The van der Waals surface area contributed by atoms with E-state index in [1.165, 1.54) is 22.1 Å². The highest BCUT2D eigenvalue weighted by Crippen LogP contribution is 2.36. The Bertz CT molecular complexity index is 2560. The summed E-state index contributed by atoms with van der Waals surface area (Å²) in [6.07, 6.45) is 7.67. The molecular formula is C37H25N5O. The second kappa shape index (κ2) is 8.87. The Morgan fingerprint density at radius 3 is 1.91 bits per heavy atom. The minimum Gasteiger partial charge on any atom is -0.457 e. The Balaban J connectivity index is 1.18. The van der Waals surface area contributed by atoms with Crippen LogP contribution in [0.2, 0.25) is 0 Å². The summed E-state index contributed by atoms with van der Waals surface area (Å²) in [5.74, 6) is 1.50. The van der Waals surface area contributed by atoms with Gasteiger partial charge in [0.2, 0.25) is 0 Å². The average molecular weight is 556 g/mol. The molecule has 43 heavy (non-hydrogen) atoms. The monoisotopic (exact) mass is 555 g/mol. The third-order valence-electron chi connectivity index (χ3n) is 8.57. The number of imidazole rings is 2. The van der Waals surface area contributed by atoms with Gasteiger partial charge in [0.1, 0.15) is 28.4 Å². The van der Waals surface area contributed by atoms with Gasteiger partial charge in [0, 0.05) is 51.9 Å². The van der Waals surface area contributed by atoms with Crippen LogP contribution < -0.4 is 4.74 Å². The summed E-state index contributed by atoms with van der Waals surface area (Å²) in [7, 11) is 0. The van der Waals surface area contributed by atoms with Crippen molar-refractivity contribution in [2.45, 2.75) is 13.8 Å². The number of para-hydroxylation sites is 1. The van der Waals surface area contributed by atoms with Gasteiger partial charge in [0.25, 0.3) is 0 Å². The first-order chi connectivity index (χ1) is 21.1. The standard InChI is InChI=1S/C37H25N5O/c1-22-6-5-7-23(2)34(22)32-15-14-29-27-13-11-25(21-31(27)36-39-17-19-42(36)37(29)40-32)43-24-10-12-26-28-8-3-4-9-33(28)41-18-16-38-35(41)30(26)20-24/h3-21H,1-2H3. The van der Waals surface area contributed by atoms with Crippen LogP contribution in [0.25, 0.3) is 66.0 Å². The molecule has 6 heteroatoms. The van der Waals surface area contributed by atoms with Gasteiger partial charge < -0.3 is 4.74 Å². The molecule has 9 aromatic rings. The molecule has 0 aliphatic rings. The lowest BCUT2D eigenvalue weighted by Gasteiger charge is -2.14. The van der Waals surface area contributed by atoms with Crippen molar-refractivity contribution in [3.05, 3.63) is 127 Å². The van der Waals surface area contributed by atoms with Gasteiger partial charge in [-0.1, -0.05) is 36.4 Å². The van der Waals surface area contributed by atoms with Gasteiger partial charge >= 0.3 is 0 Å². The number of nitrogens with zero attached hydrogens (tertiary/aromatic N) is 5. The van der Waals surface area contributed by atoms with Crippen LogP contribution in [-0.4, -0.2) is 23.8 Å². The predicted molar refractivity (Wildman–Crippen MR) is 173 cm³/mol. The maximum absolute atomic E-state index is 6.48. The fraction of sp³-hybridized carbons (Fsp3) is 0.0541. The average Bonchev–Trinajstić information content (AvgIpc) is 3.73. The number of rotatable bonds is 3. The first-order valence-corrected chi connectivity index (χ1v) is 14.4. The van der Waals surface area contributed by atoms with E-state index in [1.807, 2.05) is 36.9 Å². The van der Waals surface area contributed by atoms with Crippen LogP contribution >= 0.6 is 0 Å². The van der Waals surface area contributed by atoms with Crippen LogP contribution in [0, 0.1) is 13.8 Å². The molecule has 204 valence electrons. The van der Waals surface area contributed by atoms with Crippen molar-refractivity contribution in [1.82, 2.24) is 23.8 Å². The molecule has 0 bridgehead atoms. The number of pyridine rings is 3. The van der Waals surface area contributed by atoms with Crippen molar-refractivity contribution in [2.24, 2.45) is 0 Å². The van der Waals surface area contributed by atoms with Crippen molar-refractivity contribution >= 4 is 54.8 Å². The van der Waals surface area contributed by atoms with Crippen LogP contribution in [0.1, 0.15) is 11.1 Å². The minimum atomic E-state index is 0.747. The second-order valence-corrected chi connectivity index (χ2v) is 11.1. The quantitative estimate of drug-likeness (QED) is 0.204. The molecule has 0 saturated heterocycles. The van der Waals surface area contributed by atoms with Crippen LogP contribution in [0.4, 0.5) is 0 Å². The fourth-order valence-electron chi connectivity index (χ4n) is 6.63. The van der Waals surface area contributed by atoms with E-state index in [2.05, 4.69) is 106 Å². The molecule has 4 aromatic carbocycles. The van der Waals surface area contributed by atoms with Crippen LogP contribution in [0.5, 0.6) is 11.5 Å². The Kier molecular flexibility index (Phi) is 4.93. The summed E-state index contributed by atoms with van der Waals surface area (Å²) in [6, 6.07) is 31.5. The topological polar surface area (TPSA) is 56.7 Å². The Hall–Kier alpha value is -5.75. The first kappa shape index (κ1) is 23.9. The van der Waals surface area contributed by atoms with Crippen molar-refractivity contribution in [3.8, 4) is 22.8 Å². The molecule has 0 saturated carbocycles. The number of aromatic nitrogens is 5. The van der Waals surface area contributed by atoms with Gasteiger partial charge in [-0.3, -0.25) is 8.80 Å². The largest absolute Gasteiger partial charge is 0.457 e. The van der Waals surface area contributed by atoms with Crippen LogP contribution in [0.15, 0.2) is 116 Å². The summed E-state index contributed by atoms with van der Waals surface area (Å²) in [5, 5.41) is 6.56. The van der Waals surface area contributed by atoms with Gasteiger partial charge in [0.15, 0.2) is 0 Å². The lowest BCUT2D eigenvalue weighted by atomic mass is 9.99. The zero-order chi connectivity index (χ0) is 28.7. The predicted octanol–water partition coefficient (Wildman–Crippen LogP) is 9.07. The normalized spacial score (nSPS) is 12.0. The molecule has 0 aliphatic heterocycles. The second-order valence-electron chi connectivity index (χ2n) is 11.1. The summed E-state index contributed by atoms with van der Waals surface area (Å²) in [4.78, 5) is 14.6. The molecule has 0 spiro atoms. The number of hydrogen-bond donors (Lipinski definition) is 0. The van der Waals surface area contributed by atoms with Gasteiger partial charge in [-0.15, -0.1) is 0 Å². The van der Waals surface area contributed by atoms with E-state index in [9.17, 15) is 0 Å². The third kappa shape index (κ3) is 3.50. The lowest BCUT2D eigenvalue weighted by Crippen LogP contribution is -1.97. The summed E-state index contributed by atoms with van der Waals surface area (Å²) < 4.78 is 10.7. The van der Waals surface area contributed by atoms with E-state index >= 15 is 0 Å². The highest BCUT2D eigenvalue weighted by atomic mass is 16.5. The zero-order valence-electron chi connectivity index (χ0n) is 23.6. The van der Waals surface area contributed by atoms with E-state index in [1.54, 1.807) is 0 Å². The number of fused-ring (bicyclic) bond motifs is 12. The van der Waals surface area contributed by atoms with E-state index in [0.717, 1.165) is 66.6 Å². The third-order valence-corrected chi connectivity index (χ3v) is 8.57. The van der Waals surface area contributed by atoms with Crippen molar-refractivity contribution in [1.29, 1.82) is 0 Å². The SMILES string of the molecule is Cc1cccc(C)c1-c1ccc2c3ccc(Oc4ccc5c6ccccc6n6ccnc6c5c4)cc3c3nccn3c2n1. The molecule has 0 fully saturated rings. The minimum absolute atomic E-state index is 0.747. The maximum Gasteiger partial charge on any atom is 0.146 e. The maximum atomic E-state index is 6.48. The van der Waals surface area contributed by atoms with E-state index < -0.39 is 0 Å². The number of hydrogen-bond acceptors (Lipinski definition) is 4. The molecule has 0 unspecified atom stereocenters. The molecule has 0 amide bonds. The molecule has 0 radical (unpaired) electrons. The molecule has 5 heterocycles. The van der Waals surface area contributed by atoms with Crippen LogP contribution in [-0.2, 0) is 0 Å². The van der Waals surface area contributed by atoms with Gasteiger partial charge in [-0.25, -0.2) is 15.0 Å². The molecular weight excluding hydrogens is 530 g/mol. The summed E-state index contributed by atoms with van der Waals surface area (Å²) >= 11 is 0. The van der Waals surface area contributed by atoms with E-state index in [-0.39, 0.29) is 0 Å². The summed E-state index contributed by atoms with van der Waals surface area (Å²) in [5.41, 5.74) is 8.36. The zero-order valence-corrected chi connectivity index (χ0v) is 23.6. The number of aryl methyl sites for hydroxylation is 2. The molecule has 0 N–H and O–H groups in total. The highest BCUT2D eigenvalue weighted by Gasteiger charge is 2.15. The number of ether oxygens (including phenoxy) is 1. The number of benzene rings is 4. The molecule has 0 aliphatic carbocycles. The van der Waals surface area contributed by atoms with Crippen molar-refractivity contribution in [2.75, 3.05) is 0 Å². The Morgan fingerprint density at radius 2 is 1.16 bits per heavy atom. The molecule has 5 aromatic heterocycles. The Morgan fingerprint density at radius 1 is 0.535 bits per heavy atom. The highest BCUT2D eigenvalue weighted by molar-refractivity contribution is 6.13. The smallest absolute Gasteiger partial charge is 0.146 e. The first-order valence-electron chi connectivity index (χ1n) is 14.4. The fourth-order valence-corrected chi connectivity index (χ4v) is 6.63.